The van der Waals surface area contributed by atoms with E-state index < -0.39 is 0 Å². The summed E-state index contributed by atoms with van der Waals surface area (Å²) in [6, 6.07) is 6.08. The molecule has 2 heterocycles. The fourth-order valence-electron chi connectivity index (χ4n) is 2.93. The van der Waals surface area contributed by atoms with Crippen LogP contribution in [0, 0.1) is 0 Å². The lowest BCUT2D eigenvalue weighted by atomic mass is 10.1. The molecule has 0 saturated carbocycles. The number of fused-ring (bicyclic) bond motifs is 1. The number of piperazine rings is 1. The van der Waals surface area contributed by atoms with E-state index in [1.54, 1.807) is 7.11 Å². The summed E-state index contributed by atoms with van der Waals surface area (Å²) in [4.78, 5) is 16.4. The van der Waals surface area contributed by atoms with Crippen molar-refractivity contribution >= 4 is 5.91 Å². The quantitative estimate of drug-likeness (QED) is 0.723. The Morgan fingerprint density at radius 2 is 2.00 bits per heavy atom. The molecule has 132 valence electrons. The minimum Gasteiger partial charge on any atom is -0.454 e. The van der Waals surface area contributed by atoms with Gasteiger partial charge in [0.15, 0.2) is 11.5 Å². The van der Waals surface area contributed by atoms with Crippen molar-refractivity contribution in [1.82, 2.24) is 15.1 Å². The monoisotopic (exact) mass is 335 g/mol. The molecule has 1 saturated heterocycles. The number of benzene rings is 1. The fourth-order valence-corrected chi connectivity index (χ4v) is 2.93. The van der Waals surface area contributed by atoms with Gasteiger partial charge in [0.2, 0.25) is 12.7 Å². The predicted octanol–water partition coefficient (Wildman–Crippen LogP) is 0.296. The number of amides is 1. The zero-order valence-corrected chi connectivity index (χ0v) is 14.1. The molecular formula is C17H25N3O4. The van der Waals surface area contributed by atoms with Crippen molar-refractivity contribution in [3.8, 4) is 11.5 Å². The lowest BCUT2D eigenvalue weighted by molar-refractivity contribution is -0.132. The van der Waals surface area contributed by atoms with Crippen molar-refractivity contribution < 1.29 is 19.0 Å². The number of rotatable bonds is 7. The Hall–Kier alpha value is -1.83. The first-order valence-electron chi connectivity index (χ1n) is 8.34. The molecule has 2 aliphatic heterocycles. The summed E-state index contributed by atoms with van der Waals surface area (Å²) in [5.74, 6) is 1.80. The number of methoxy groups -OCH3 is 1. The number of nitrogens with zero attached hydrogens (tertiary/aromatic N) is 2. The summed E-state index contributed by atoms with van der Waals surface area (Å²) in [7, 11) is 1.66. The largest absolute Gasteiger partial charge is 0.454 e. The maximum atomic E-state index is 12.1. The Balaban J connectivity index is 1.41. The van der Waals surface area contributed by atoms with Crippen molar-refractivity contribution in [2.24, 2.45) is 0 Å². The number of ether oxygens (including phenoxy) is 3. The summed E-state index contributed by atoms with van der Waals surface area (Å²) >= 11 is 0. The van der Waals surface area contributed by atoms with Crippen LogP contribution in [-0.2, 0) is 16.1 Å². The SMILES string of the molecule is COCCNCC(=O)N1CCN(Cc2ccc3c(c2)OCO3)CC1. The van der Waals surface area contributed by atoms with Crippen LogP contribution >= 0.6 is 0 Å². The highest BCUT2D eigenvalue weighted by Crippen LogP contribution is 2.32. The third-order valence-corrected chi connectivity index (χ3v) is 4.33. The van der Waals surface area contributed by atoms with Crippen LogP contribution in [0.1, 0.15) is 5.56 Å². The molecular weight excluding hydrogens is 310 g/mol. The average molecular weight is 335 g/mol. The minimum atomic E-state index is 0.161. The smallest absolute Gasteiger partial charge is 0.236 e. The van der Waals surface area contributed by atoms with Gasteiger partial charge in [0.1, 0.15) is 0 Å². The van der Waals surface area contributed by atoms with Crippen molar-refractivity contribution in [3.63, 3.8) is 0 Å². The maximum Gasteiger partial charge on any atom is 0.236 e. The first-order valence-corrected chi connectivity index (χ1v) is 8.34. The molecule has 1 amide bonds. The van der Waals surface area contributed by atoms with Gasteiger partial charge in [-0.25, -0.2) is 0 Å². The molecule has 1 N–H and O–H groups in total. The van der Waals surface area contributed by atoms with Crippen molar-refractivity contribution in [2.45, 2.75) is 6.54 Å². The lowest BCUT2D eigenvalue weighted by Gasteiger charge is -2.34. The van der Waals surface area contributed by atoms with E-state index in [9.17, 15) is 4.79 Å². The van der Waals surface area contributed by atoms with Gasteiger partial charge in [0.25, 0.3) is 0 Å². The molecule has 7 heteroatoms. The average Bonchev–Trinajstić information content (AvgIpc) is 3.07. The number of carbonyl (C=O) groups excluding carboxylic acids is 1. The summed E-state index contributed by atoms with van der Waals surface area (Å²) < 4.78 is 15.7. The van der Waals surface area contributed by atoms with E-state index in [0.717, 1.165) is 44.2 Å². The first kappa shape index (κ1) is 17.0. The molecule has 2 aliphatic rings. The van der Waals surface area contributed by atoms with Crippen LogP contribution in [0.3, 0.4) is 0 Å². The minimum absolute atomic E-state index is 0.161. The van der Waals surface area contributed by atoms with Crippen LogP contribution in [0.4, 0.5) is 0 Å². The third kappa shape index (κ3) is 4.37. The van der Waals surface area contributed by atoms with E-state index in [1.165, 1.54) is 5.56 Å². The highest BCUT2D eigenvalue weighted by atomic mass is 16.7. The van der Waals surface area contributed by atoms with Crippen LogP contribution in [0.5, 0.6) is 11.5 Å². The Morgan fingerprint density at radius 3 is 2.79 bits per heavy atom. The Morgan fingerprint density at radius 1 is 1.21 bits per heavy atom. The van der Waals surface area contributed by atoms with E-state index in [4.69, 9.17) is 14.2 Å². The molecule has 7 nitrogen and oxygen atoms in total. The van der Waals surface area contributed by atoms with Crippen molar-refractivity contribution in [2.75, 3.05) is 59.8 Å². The summed E-state index contributed by atoms with van der Waals surface area (Å²) in [6.45, 7) is 6.19. The molecule has 1 aromatic rings. The zero-order valence-electron chi connectivity index (χ0n) is 14.1. The molecule has 0 bridgehead atoms. The summed E-state index contributed by atoms with van der Waals surface area (Å²) in [6.07, 6.45) is 0. The van der Waals surface area contributed by atoms with E-state index in [2.05, 4.69) is 16.3 Å². The van der Waals surface area contributed by atoms with Crippen LogP contribution in [-0.4, -0.2) is 75.5 Å². The number of nitrogens with one attached hydrogen (secondary N) is 1. The summed E-state index contributed by atoms with van der Waals surface area (Å²) in [5, 5.41) is 3.10. The second-order valence-electron chi connectivity index (χ2n) is 6.01. The molecule has 0 aliphatic carbocycles. The van der Waals surface area contributed by atoms with Crippen LogP contribution in [0.25, 0.3) is 0 Å². The van der Waals surface area contributed by atoms with E-state index in [0.29, 0.717) is 26.5 Å². The highest BCUT2D eigenvalue weighted by molar-refractivity contribution is 5.78. The van der Waals surface area contributed by atoms with Crippen molar-refractivity contribution in [1.29, 1.82) is 0 Å². The van der Waals surface area contributed by atoms with Gasteiger partial charge in [-0.15, -0.1) is 0 Å². The maximum absolute atomic E-state index is 12.1. The molecule has 1 aromatic carbocycles. The van der Waals surface area contributed by atoms with E-state index in [1.807, 2.05) is 17.0 Å². The standard InChI is InChI=1S/C17H25N3O4/c1-22-9-4-18-11-17(21)20-7-5-19(6-8-20)12-14-2-3-15-16(10-14)24-13-23-15/h2-3,10,18H,4-9,11-13H2,1H3. The van der Waals surface area contributed by atoms with Gasteiger partial charge in [0.05, 0.1) is 13.2 Å². The highest BCUT2D eigenvalue weighted by Gasteiger charge is 2.21. The summed E-state index contributed by atoms with van der Waals surface area (Å²) in [5.41, 5.74) is 1.21. The second-order valence-corrected chi connectivity index (χ2v) is 6.01. The van der Waals surface area contributed by atoms with E-state index >= 15 is 0 Å². The Kier molecular flexibility index (Phi) is 5.90. The Bertz CT molecular complexity index is 559. The normalized spacial score (nSPS) is 17.3. The van der Waals surface area contributed by atoms with Gasteiger partial charge in [0, 0.05) is 46.4 Å². The molecule has 0 unspecified atom stereocenters. The van der Waals surface area contributed by atoms with Gasteiger partial charge in [-0.1, -0.05) is 6.07 Å². The predicted molar refractivity (Wildman–Crippen MR) is 89.2 cm³/mol. The van der Waals surface area contributed by atoms with Crippen LogP contribution in [0.2, 0.25) is 0 Å². The molecule has 1 fully saturated rings. The molecule has 3 rings (SSSR count). The number of hydrogen-bond donors (Lipinski definition) is 1. The van der Waals surface area contributed by atoms with Gasteiger partial charge in [-0.05, 0) is 17.7 Å². The topological polar surface area (TPSA) is 63.3 Å². The number of hydrogen-bond acceptors (Lipinski definition) is 6. The van der Waals surface area contributed by atoms with Gasteiger partial charge >= 0.3 is 0 Å². The third-order valence-electron chi connectivity index (χ3n) is 4.33. The molecule has 0 radical (unpaired) electrons. The lowest BCUT2D eigenvalue weighted by Crippen LogP contribution is -2.50. The zero-order chi connectivity index (χ0) is 16.8. The van der Waals surface area contributed by atoms with Gasteiger partial charge in [-0.3, -0.25) is 9.69 Å². The van der Waals surface area contributed by atoms with Crippen LogP contribution < -0.4 is 14.8 Å². The molecule has 0 aromatic heterocycles. The van der Waals surface area contributed by atoms with Crippen LogP contribution in [0.15, 0.2) is 18.2 Å². The molecule has 24 heavy (non-hydrogen) atoms. The first-order chi connectivity index (χ1) is 11.8. The molecule has 0 atom stereocenters. The van der Waals surface area contributed by atoms with Gasteiger partial charge < -0.3 is 24.4 Å². The number of carbonyl (C=O) groups is 1. The van der Waals surface area contributed by atoms with Gasteiger partial charge in [-0.2, -0.15) is 0 Å². The van der Waals surface area contributed by atoms with E-state index in [-0.39, 0.29) is 5.91 Å². The van der Waals surface area contributed by atoms with Crippen molar-refractivity contribution in [3.05, 3.63) is 23.8 Å². The Labute approximate surface area is 142 Å². The molecule has 0 spiro atoms. The second kappa shape index (κ2) is 8.32. The fraction of sp³-hybridized carbons (Fsp3) is 0.588.